The van der Waals surface area contributed by atoms with Crippen LogP contribution in [0.1, 0.15) is 5.56 Å². The molecule has 7 heteroatoms. The van der Waals surface area contributed by atoms with Crippen molar-refractivity contribution in [1.82, 2.24) is 4.90 Å². The van der Waals surface area contributed by atoms with Crippen LogP contribution in [0, 0.1) is 15.9 Å². The highest BCUT2D eigenvalue weighted by atomic mass is 127. The minimum atomic E-state index is -0.377. The Morgan fingerprint density at radius 3 is 2.68 bits per heavy atom. The van der Waals surface area contributed by atoms with E-state index < -0.39 is 0 Å². The number of terminal acetylenes is 1. The molecule has 0 saturated carbocycles. The number of benzene rings is 1. The van der Waals surface area contributed by atoms with Gasteiger partial charge >= 0.3 is 0 Å². The minimum absolute atomic E-state index is 0.0223. The number of hydrogen-bond acceptors (Lipinski definition) is 5. The van der Waals surface area contributed by atoms with Crippen LogP contribution >= 0.6 is 34.4 Å². The lowest BCUT2D eigenvalue weighted by Gasteiger charge is -2.10. The molecule has 0 spiro atoms. The fraction of sp³-hybridized carbons (Fsp3) is 0.200. The second-order valence-corrected chi connectivity index (χ2v) is 6.37. The van der Waals surface area contributed by atoms with Crippen LogP contribution in [0.15, 0.2) is 17.0 Å². The molecule has 5 nitrogen and oxygen atoms in total. The summed E-state index contributed by atoms with van der Waals surface area (Å²) in [5.74, 6) is 3.11. The van der Waals surface area contributed by atoms with Crippen LogP contribution in [0.5, 0.6) is 11.5 Å². The molecule has 114 valence electrons. The van der Waals surface area contributed by atoms with Gasteiger partial charge in [0.25, 0.3) is 11.1 Å². The third kappa shape index (κ3) is 3.23. The summed E-state index contributed by atoms with van der Waals surface area (Å²) in [5.41, 5.74) is 0.744. The molecule has 1 heterocycles. The Labute approximate surface area is 146 Å². The lowest BCUT2D eigenvalue weighted by Crippen LogP contribution is -2.28. The van der Waals surface area contributed by atoms with Crippen molar-refractivity contribution in [2.45, 2.75) is 0 Å². The van der Waals surface area contributed by atoms with Crippen molar-refractivity contribution in [2.75, 3.05) is 20.8 Å². The molecular weight excluding hydrogens is 417 g/mol. The first-order chi connectivity index (χ1) is 10.5. The van der Waals surface area contributed by atoms with Gasteiger partial charge in [-0.3, -0.25) is 14.5 Å². The van der Waals surface area contributed by atoms with Gasteiger partial charge in [0.05, 0.1) is 29.2 Å². The van der Waals surface area contributed by atoms with Gasteiger partial charge in [0.2, 0.25) is 0 Å². The Hall–Kier alpha value is -1.66. The maximum Gasteiger partial charge on any atom is 0.294 e. The molecule has 0 radical (unpaired) electrons. The predicted molar refractivity (Wildman–Crippen MR) is 93.8 cm³/mol. The maximum absolute atomic E-state index is 12.1. The van der Waals surface area contributed by atoms with E-state index >= 15 is 0 Å². The van der Waals surface area contributed by atoms with E-state index in [-0.39, 0.29) is 17.7 Å². The van der Waals surface area contributed by atoms with Crippen LogP contribution in [-0.2, 0) is 4.79 Å². The van der Waals surface area contributed by atoms with Crippen LogP contribution in [0.4, 0.5) is 4.79 Å². The summed E-state index contributed by atoms with van der Waals surface area (Å²) in [5, 5.41) is -0.357. The Bertz CT molecular complexity index is 708. The number of methoxy groups -OCH3 is 2. The molecule has 1 fully saturated rings. The molecule has 1 aliphatic rings. The van der Waals surface area contributed by atoms with Gasteiger partial charge in [-0.05, 0) is 58.1 Å². The van der Waals surface area contributed by atoms with Crippen molar-refractivity contribution in [2.24, 2.45) is 0 Å². The van der Waals surface area contributed by atoms with Crippen molar-refractivity contribution < 1.29 is 19.1 Å². The summed E-state index contributed by atoms with van der Waals surface area (Å²) in [7, 11) is 3.10. The van der Waals surface area contributed by atoms with Crippen molar-refractivity contribution in [1.29, 1.82) is 0 Å². The van der Waals surface area contributed by atoms with Gasteiger partial charge in [-0.15, -0.1) is 6.42 Å². The zero-order valence-corrected chi connectivity index (χ0v) is 14.9. The summed E-state index contributed by atoms with van der Waals surface area (Å²) in [4.78, 5) is 25.3. The SMILES string of the molecule is C#CCN1C(=O)S/C(=C/c2cc(I)c(OC)c(OC)c2)C1=O. The monoisotopic (exact) mass is 429 g/mol. The number of amides is 2. The number of hydrogen-bond donors (Lipinski definition) is 0. The van der Waals surface area contributed by atoms with Crippen LogP contribution < -0.4 is 9.47 Å². The largest absolute Gasteiger partial charge is 0.493 e. The average Bonchev–Trinajstić information content (AvgIpc) is 2.74. The van der Waals surface area contributed by atoms with Gasteiger partial charge in [-0.2, -0.15) is 0 Å². The van der Waals surface area contributed by atoms with E-state index in [4.69, 9.17) is 15.9 Å². The van der Waals surface area contributed by atoms with E-state index in [0.717, 1.165) is 25.8 Å². The second kappa shape index (κ2) is 7.07. The molecule has 1 aromatic rings. The van der Waals surface area contributed by atoms with E-state index in [1.54, 1.807) is 26.4 Å². The molecule has 2 amide bonds. The topological polar surface area (TPSA) is 55.8 Å². The summed E-state index contributed by atoms with van der Waals surface area (Å²) < 4.78 is 11.4. The number of imide groups is 1. The van der Waals surface area contributed by atoms with Crippen molar-refractivity contribution in [3.8, 4) is 23.8 Å². The number of thioether (sulfide) groups is 1. The van der Waals surface area contributed by atoms with Gasteiger partial charge in [-0.1, -0.05) is 5.92 Å². The van der Waals surface area contributed by atoms with E-state index in [1.807, 2.05) is 6.07 Å². The molecule has 0 bridgehead atoms. The third-order valence-corrected chi connectivity index (χ3v) is 4.59. The van der Waals surface area contributed by atoms with Crippen LogP contribution in [0.25, 0.3) is 6.08 Å². The molecule has 1 aromatic carbocycles. The van der Waals surface area contributed by atoms with Gasteiger partial charge in [0.15, 0.2) is 11.5 Å². The van der Waals surface area contributed by atoms with E-state index in [0.29, 0.717) is 16.4 Å². The Morgan fingerprint density at radius 2 is 2.09 bits per heavy atom. The molecule has 22 heavy (non-hydrogen) atoms. The molecular formula is C15H12INO4S. The van der Waals surface area contributed by atoms with E-state index in [9.17, 15) is 9.59 Å². The lowest BCUT2D eigenvalue weighted by molar-refractivity contribution is -0.122. The number of nitrogens with zero attached hydrogens (tertiary/aromatic N) is 1. The van der Waals surface area contributed by atoms with Crippen molar-refractivity contribution in [3.63, 3.8) is 0 Å². The first kappa shape index (κ1) is 16.7. The van der Waals surface area contributed by atoms with Crippen molar-refractivity contribution in [3.05, 3.63) is 26.2 Å². The first-order valence-corrected chi connectivity index (χ1v) is 8.01. The number of halogens is 1. The fourth-order valence-corrected chi connectivity index (χ4v) is 3.58. The fourth-order valence-electron chi connectivity index (χ4n) is 1.90. The summed E-state index contributed by atoms with van der Waals surface area (Å²) in [6.45, 7) is -0.0223. The van der Waals surface area contributed by atoms with Gasteiger partial charge < -0.3 is 9.47 Å². The quantitative estimate of drug-likeness (QED) is 0.419. The highest BCUT2D eigenvalue weighted by Gasteiger charge is 2.34. The van der Waals surface area contributed by atoms with Gasteiger partial charge in [0, 0.05) is 0 Å². The van der Waals surface area contributed by atoms with Crippen molar-refractivity contribution >= 4 is 51.6 Å². The van der Waals surface area contributed by atoms with E-state index in [1.165, 1.54) is 0 Å². The minimum Gasteiger partial charge on any atom is -0.493 e. The number of ether oxygens (including phenoxy) is 2. The summed E-state index contributed by atoms with van der Waals surface area (Å²) in [6, 6.07) is 3.59. The number of carbonyl (C=O) groups excluding carboxylic acids is 2. The highest BCUT2D eigenvalue weighted by molar-refractivity contribution is 14.1. The summed E-state index contributed by atoms with van der Waals surface area (Å²) in [6.07, 6.45) is 6.81. The molecule has 0 unspecified atom stereocenters. The zero-order valence-electron chi connectivity index (χ0n) is 11.9. The van der Waals surface area contributed by atoms with Gasteiger partial charge in [-0.25, -0.2) is 0 Å². The Morgan fingerprint density at radius 1 is 1.36 bits per heavy atom. The molecule has 2 rings (SSSR count). The number of carbonyl (C=O) groups is 2. The Balaban J connectivity index is 2.38. The summed E-state index contributed by atoms with van der Waals surface area (Å²) >= 11 is 2.99. The van der Waals surface area contributed by atoms with Crippen LogP contribution in [0.2, 0.25) is 0 Å². The van der Waals surface area contributed by atoms with E-state index in [2.05, 4.69) is 28.5 Å². The van der Waals surface area contributed by atoms with Crippen LogP contribution in [0.3, 0.4) is 0 Å². The lowest BCUT2D eigenvalue weighted by atomic mass is 10.2. The first-order valence-electron chi connectivity index (χ1n) is 6.12. The standard InChI is InChI=1S/C15H12INO4S/c1-4-5-17-14(18)12(22-15(17)19)8-9-6-10(16)13(21-3)11(7-9)20-2/h1,6-8H,5H2,2-3H3/b12-8+. The Kier molecular flexibility index (Phi) is 5.37. The zero-order chi connectivity index (χ0) is 16.3. The highest BCUT2D eigenvalue weighted by Crippen LogP contribution is 2.36. The smallest absolute Gasteiger partial charge is 0.294 e. The van der Waals surface area contributed by atoms with Gasteiger partial charge in [0.1, 0.15) is 0 Å². The predicted octanol–water partition coefficient (Wildman–Crippen LogP) is 2.98. The average molecular weight is 429 g/mol. The molecule has 0 atom stereocenters. The molecule has 0 N–H and O–H groups in total. The molecule has 0 aliphatic carbocycles. The maximum atomic E-state index is 12.1. The molecule has 0 aromatic heterocycles. The molecule has 1 saturated heterocycles. The number of rotatable bonds is 4. The second-order valence-electron chi connectivity index (χ2n) is 4.21. The normalized spacial score (nSPS) is 16.1. The molecule has 1 aliphatic heterocycles. The van der Waals surface area contributed by atoms with Crippen LogP contribution in [-0.4, -0.2) is 36.8 Å². The third-order valence-electron chi connectivity index (χ3n) is 2.88.